The number of ether oxygens (including phenoxy) is 2. The summed E-state index contributed by atoms with van der Waals surface area (Å²) in [4.78, 5) is 0. The Labute approximate surface area is 116 Å². The lowest BCUT2D eigenvalue weighted by Crippen LogP contribution is -2.23. The average Bonchev–Trinajstić information content (AvgIpc) is 2.93. The van der Waals surface area contributed by atoms with E-state index in [1.807, 2.05) is 0 Å². The molecule has 4 nitrogen and oxygen atoms in total. The van der Waals surface area contributed by atoms with E-state index in [4.69, 9.17) is 13.9 Å². The summed E-state index contributed by atoms with van der Waals surface area (Å²) in [6.07, 6.45) is 0.777. The number of hydrogen-bond acceptors (Lipinski definition) is 4. The first kappa shape index (κ1) is 14.6. The molecule has 0 saturated heterocycles. The Morgan fingerprint density at radius 2 is 2.15 bits per heavy atom. The van der Waals surface area contributed by atoms with Crippen LogP contribution in [0.3, 0.4) is 0 Å². The standard InChI is InChI=1S/C15H17FO4/c1-11-4-5-13(7-15(11)16)20-9-12(17)8-18-10-14-3-2-6-19-14/h2-7,12,17H,8-10H2,1H3. The van der Waals surface area contributed by atoms with E-state index in [2.05, 4.69) is 0 Å². The molecule has 0 bridgehead atoms. The summed E-state index contributed by atoms with van der Waals surface area (Å²) in [5.41, 5.74) is 0.555. The van der Waals surface area contributed by atoms with Gasteiger partial charge in [0.25, 0.3) is 0 Å². The van der Waals surface area contributed by atoms with Gasteiger partial charge < -0.3 is 19.0 Å². The summed E-state index contributed by atoms with van der Waals surface area (Å²) in [6, 6.07) is 8.15. The van der Waals surface area contributed by atoms with Gasteiger partial charge in [-0.2, -0.15) is 0 Å². The predicted octanol–water partition coefficient (Wildman–Crippen LogP) is 2.68. The molecule has 0 radical (unpaired) electrons. The number of aliphatic hydroxyl groups is 1. The summed E-state index contributed by atoms with van der Waals surface area (Å²) >= 11 is 0. The highest BCUT2D eigenvalue weighted by Gasteiger charge is 2.07. The second-order valence-electron chi connectivity index (χ2n) is 4.47. The van der Waals surface area contributed by atoms with Crippen LogP contribution >= 0.6 is 0 Å². The van der Waals surface area contributed by atoms with Crippen molar-refractivity contribution >= 4 is 0 Å². The Morgan fingerprint density at radius 3 is 2.85 bits per heavy atom. The van der Waals surface area contributed by atoms with Gasteiger partial charge in [-0.25, -0.2) is 4.39 Å². The van der Waals surface area contributed by atoms with Crippen molar-refractivity contribution in [2.24, 2.45) is 0 Å². The van der Waals surface area contributed by atoms with Gasteiger partial charge in [-0.1, -0.05) is 6.07 Å². The van der Waals surface area contributed by atoms with Gasteiger partial charge in [-0.3, -0.25) is 0 Å². The fourth-order valence-corrected chi connectivity index (χ4v) is 1.59. The molecule has 0 aliphatic carbocycles. The Hall–Kier alpha value is -1.85. The molecule has 0 spiro atoms. The second kappa shape index (κ2) is 7.07. The molecule has 108 valence electrons. The Kier molecular flexibility index (Phi) is 5.15. The van der Waals surface area contributed by atoms with Gasteiger partial charge in [-0.15, -0.1) is 0 Å². The highest BCUT2D eigenvalue weighted by atomic mass is 19.1. The van der Waals surface area contributed by atoms with Crippen LogP contribution in [0.4, 0.5) is 4.39 Å². The maximum absolute atomic E-state index is 13.3. The van der Waals surface area contributed by atoms with Crippen LogP contribution in [0.1, 0.15) is 11.3 Å². The van der Waals surface area contributed by atoms with E-state index in [0.29, 0.717) is 23.7 Å². The molecule has 1 heterocycles. The zero-order valence-corrected chi connectivity index (χ0v) is 11.2. The van der Waals surface area contributed by atoms with Crippen LogP contribution in [0.5, 0.6) is 5.75 Å². The van der Waals surface area contributed by atoms with E-state index in [1.165, 1.54) is 6.07 Å². The smallest absolute Gasteiger partial charge is 0.129 e. The van der Waals surface area contributed by atoms with Crippen LogP contribution in [0.2, 0.25) is 0 Å². The predicted molar refractivity (Wildman–Crippen MR) is 71.0 cm³/mol. The number of hydrogen-bond donors (Lipinski definition) is 1. The molecule has 1 unspecified atom stereocenters. The molecule has 1 aromatic heterocycles. The summed E-state index contributed by atoms with van der Waals surface area (Å²) in [6.45, 7) is 2.13. The zero-order chi connectivity index (χ0) is 14.4. The van der Waals surface area contributed by atoms with Crippen molar-refractivity contribution in [2.75, 3.05) is 13.2 Å². The molecule has 0 amide bonds. The largest absolute Gasteiger partial charge is 0.491 e. The SMILES string of the molecule is Cc1ccc(OCC(O)COCc2ccco2)cc1F. The van der Waals surface area contributed by atoms with Crippen molar-refractivity contribution in [2.45, 2.75) is 19.6 Å². The number of furan rings is 1. The van der Waals surface area contributed by atoms with Crippen LogP contribution in [-0.4, -0.2) is 24.4 Å². The van der Waals surface area contributed by atoms with E-state index >= 15 is 0 Å². The molecule has 1 N–H and O–H groups in total. The number of rotatable bonds is 7. The van der Waals surface area contributed by atoms with Crippen LogP contribution in [0.15, 0.2) is 41.0 Å². The minimum Gasteiger partial charge on any atom is -0.491 e. The zero-order valence-electron chi connectivity index (χ0n) is 11.2. The van der Waals surface area contributed by atoms with Crippen LogP contribution in [0, 0.1) is 12.7 Å². The maximum Gasteiger partial charge on any atom is 0.129 e. The molecule has 0 saturated carbocycles. The molecular weight excluding hydrogens is 263 g/mol. The molecule has 2 aromatic rings. The Morgan fingerprint density at radius 1 is 1.30 bits per heavy atom. The monoisotopic (exact) mass is 280 g/mol. The summed E-state index contributed by atoms with van der Waals surface area (Å²) in [7, 11) is 0. The average molecular weight is 280 g/mol. The molecule has 0 aliphatic heterocycles. The normalized spacial score (nSPS) is 12.3. The van der Waals surface area contributed by atoms with E-state index in [-0.39, 0.29) is 19.0 Å². The van der Waals surface area contributed by atoms with Crippen molar-refractivity contribution in [3.8, 4) is 5.75 Å². The van der Waals surface area contributed by atoms with E-state index in [1.54, 1.807) is 37.5 Å². The fourth-order valence-electron chi connectivity index (χ4n) is 1.59. The molecule has 1 aromatic carbocycles. The van der Waals surface area contributed by atoms with Gasteiger partial charge in [-0.05, 0) is 30.7 Å². The van der Waals surface area contributed by atoms with Gasteiger partial charge in [0.1, 0.15) is 36.6 Å². The van der Waals surface area contributed by atoms with Crippen molar-refractivity contribution in [3.05, 3.63) is 53.7 Å². The first-order valence-corrected chi connectivity index (χ1v) is 6.32. The molecular formula is C15H17FO4. The highest BCUT2D eigenvalue weighted by molar-refractivity contribution is 5.27. The molecule has 1 atom stereocenters. The van der Waals surface area contributed by atoms with Crippen LogP contribution in [0.25, 0.3) is 0 Å². The third-order valence-corrected chi connectivity index (χ3v) is 2.72. The summed E-state index contributed by atoms with van der Waals surface area (Å²) in [5.74, 6) is 0.753. The van der Waals surface area contributed by atoms with Crippen LogP contribution < -0.4 is 4.74 Å². The summed E-state index contributed by atoms with van der Waals surface area (Å²) < 4.78 is 28.9. The molecule has 5 heteroatoms. The quantitative estimate of drug-likeness (QED) is 0.847. The van der Waals surface area contributed by atoms with Crippen LogP contribution in [-0.2, 0) is 11.3 Å². The third-order valence-electron chi connectivity index (χ3n) is 2.72. The molecule has 20 heavy (non-hydrogen) atoms. The lowest BCUT2D eigenvalue weighted by molar-refractivity contribution is 0.000830. The first-order valence-electron chi connectivity index (χ1n) is 6.32. The topological polar surface area (TPSA) is 51.8 Å². The van der Waals surface area contributed by atoms with Crippen molar-refractivity contribution in [1.82, 2.24) is 0 Å². The Bertz CT molecular complexity index is 525. The third kappa shape index (κ3) is 4.36. The van der Waals surface area contributed by atoms with Gasteiger partial charge in [0.05, 0.1) is 12.9 Å². The number of halogens is 1. The minimum absolute atomic E-state index is 0.0423. The lowest BCUT2D eigenvalue weighted by Gasteiger charge is -2.12. The summed E-state index contributed by atoms with van der Waals surface area (Å²) in [5, 5.41) is 9.69. The number of benzene rings is 1. The van der Waals surface area contributed by atoms with Crippen molar-refractivity contribution in [1.29, 1.82) is 0 Å². The number of aliphatic hydroxyl groups excluding tert-OH is 1. The first-order chi connectivity index (χ1) is 9.65. The number of aryl methyl sites for hydroxylation is 1. The van der Waals surface area contributed by atoms with Crippen molar-refractivity contribution in [3.63, 3.8) is 0 Å². The molecule has 0 fully saturated rings. The fraction of sp³-hybridized carbons (Fsp3) is 0.333. The minimum atomic E-state index is -0.783. The van der Waals surface area contributed by atoms with Crippen molar-refractivity contribution < 1.29 is 23.4 Å². The van der Waals surface area contributed by atoms with Gasteiger partial charge in [0.15, 0.2) is 0 Å². The lowest BCUT2D eigenvalue weighted by atomic mass is 10.2. The molecule has 0 aliphatic rings. The molecule has 2 rings (SSSR count). The highest BCUT2D eigenvalue weighted by Crippen LogP contribution is 2.16. The second-order valence-corrected chi connectivity index (χ2v) is 4.47. The van der Waals surface area contributed by atoms with E-state index < -0.39 is 6.10 Å². The Balaban J connectivity index is 1.69. The maximum atomic E-state index is 13.3. The van der Waals surface area contributed by atoms with Gasteiger partial charge >= 0.3 is 0 Å². The van der Waals surface area contributed by atoms with Gasteiger partial charge in [0, 0.05) is 6.07 Å². The van der Waals surface area contributed by atoms with E-state index in [9.17, 15) is 9.50 Å². The van der Waals surface area contributed by atoms with E-state index in [0.717, 1.165) is 0 Å². The van der Waals surface area contributed by atoms with Gasteiger partial charge in [0.2, 0.25) is 0 Å².